The molecule has 0 radical (unpaired) electrons. The van der Waals surface area contributed by atoms with Gasteiger partial charge in [0.25, 0.3) is 0 Å². The SMILES string of the molecule is CC(C)(C)OC(=O)N(c1ccc(C(=O)O)cn1)C1CC1. The van der Waals surface area contributed by atoms with Crippen molar-refractivity contribution in [2.45, 2.75) is 45.3 Å². The number of carbonyl (C=O) groups excluding carboxylic acids is 1. The topological polar surface area (TPSA) is 79.7 Å². The number of aromatic carboxylic acids is 1. The van der Waals surface area contributed by atoms with Gasteiger partial charge in [0.15, 0.2) is 0 Å². The maximum Gasteiger partial charge on any atom is 0.416 e. The van der Waals surface area contributed by atoms with Gasteiger partial charge in [-0.05, 0) is 45.7 Å². The van der Waals surface area contributed by atoms with E-state index in [1.807, 2.05) is 0 Å². The third kappa shape index (κ3) is 3.46. The van der Waals surface area contributed by atoms with Crippen molar-refractivity contribution in [2.24, 2.45) is 0 Å². The van der Waals surface area contributed by atoms with E-state index in [9.17, 15) is 9.59 Å². The molecule has 0 aromatic carbocycles. The van der Waals surface area contributed by atoms with Crippen LogP contribution in [0, 0.1) is 0 Å². The quantitative estimate of drug-likeness (QED) is 0.919. The molecule has 0 bridgehead atoms. The molecule has 0 atom stereocenters. The van der Waals surface area contributed by atoms with E-state index in [4.69, 9.17) is 9.84 Å². The summed E-state index contributed by atoms with van der Waals surface area (Å²) in [5.41, 5.74) is -0.487. The number of carboxylic acid groups (broad SMARTS) is 1. The maximum atomic E-state index is 12.2. The molecule has 1 heterocycles. The number of hydrogen-bond acceptors (Lipinski definition) is 4. The van der Waals surface area contributed by atoms with Gasteiger partial charge in [-0.25, -0.2) is 14.6 Å². The Morgan fingerprint density at radius 3 is 2.40 bits per heavy atom. The number of ether oxygens (including phenoxy) is 1. The Labute approximate surface area is 117 Å². The van der Waals surface area contributed by atoms with Gasteiger partial charge >= 0.3 is 12.1 Å². The van der Waals surface area contributed by atoms with Crippen LogP contribution in [-0.4, -0.2) is 33.8 Å². The summed E-state index contributed by atoms with van der Waals surface area (Å²) in [4.78, 5) is 28.6. The fraction of sp³-hybridized carbons (Fsp3) is 0.500. The second-order valence-corrected chi connectivity index (χ2v) is 5.79. The summed E-state index contributed by atoms with van der Waals surface area (Å²) in [6, 6.07) is 3.06. The Morgan fingerprint density at radius 1 is 1.35 bits per heavy atom. The van der Waals surface area contributed by atoms with Crippen LogP contribution in [-0.2, 0) is 4.74 Å². The number of amides is 1. The second-order valence-electron chi connectivity index (χ2n) is 5.79. The van der Waals surface area contributed by atoms with Crippen molar-refractivity contribution in [3.05, 3.63) is 23.9 Å². The van der Waals surface area contributed by atoms with E-state index < -0.39 is 17.7 Å². The lowest BCUT2D eigenvalue weighted by Crippen LogP contribution is -2.38. The molecule has 2 rings (SSSR count). The van der Waals surface area contributed by atoms with Crippen LogP contribution in [0.4, 0.5) is 10.6 Å². The number of hydrogen-bond donors (Lipinski definition) is 1. The van der Waals surface area contributed by atoms with Crippen LogP contribution in [0.1, 0.15) is 44.0 Å². The molecule has 0 unspecified atom stereocenters. The van der Waals surface area contributed by atoms with Gasteiger partial charge in [-0.15, -0.1) is 0 Å². The smallest absolute Gasteiger partial charge is 0.416 e. The second kappa shape index (κ2) is 5.11. The van der Waals surface area contributed by atoms with E-state index in [1.165, 1.54) is 23.2 Å². The Bertz CT molecular complexity index is 515. The van der Waals surface area contributed by atoms with Crippen molar-refractivity contribution < 1.29 is 19.4 Å². The van der Waals surface area contributed by atoms with E-state index in [0.717, 1.165) is 12.8 Å². The first-order chi connectivity index (χ1) is 9.28. The van der Waals surface area contributed by atoms with Gasteiger partial charge in [0, 0.05) is 12.2 Å². The van der Waals surface area contributed by atoms with Crippen molar-refractivity contribution >= 4 is 17.9 Å². The first-order valence-corrected chi connectivity index (χ1v) is 6.49. The van der Waals surface area contributed by atoms with Crippen LogP contribution in [0.5, 0.6) is 0 Å². The predicted octanol–water partition coefficient (Wildman–Crippen LogP) is 2.68. The molecule has 1 aromatic heterocycles. The molecule has 1 N–H and O–H groups in total. The van der Waals surface area contributed by atoms with Crippen molar-refractivity contribution in [3.63, 3.8) is 0 Å². The zero-order valence-electron chi connectivity index (χ0n) is 11.8. The van der Waals surface area contributed by atoms with Gasteiger partial charge in [0.05, 0.1) is 5.56 Å². The zero-order valence-corrected chi connectivity index (χ0v) is 11.8. The van der Waals surface area contributed by atoms with Crippen molar-refractivity contribution in [3.8, 4) is 0 Å². The number of pyridine rings is 1. The molecule has 108 valence electrons. The Morgan fingerprint density at radius 2 is 2.00 bits per heavy atom. The molecule has 0 spiro atoms. The Hall–Kier alpha value is -2.11. The highest BCUT2D eigenvalue weighted by Crippen LogP contribution is 2.32. The molecular weight excluding hydrogens is 260 g/mol. The van der Waals surface area contributed by atoms with Crippen LogP contribution < -0.4 is 4.90 Å². The maximum absolute atomic E-state index is 12.2. The third-order valence-corrected chi connectivity index (χ3v) is 2.74. The molecule has 1 aliphatic rings. The average molecular weight is 278 g/mol. The van der Waals surface area contributed by atoms with Crippen LogP contribution in [0.25, 0.3) is 0 Å². The van der Waals surface area contributed by atoms with Gasteiger partial charge in [-0.3, -0.25) is 4.90 Å². The third-order valence-electron chi connectivity index (χ3n) is 2.74. The summed E-state index contributed by atoms with van der Waals surface area (Å²) in [5.74, 6) is -0.619. The summed E-state index contributed by atoms with van der Waals surface area (Å²) < 4.78 is 5.36. The summed E-state index contributed by atoms with van der Waals surface area (Å²) >= 11 is 0. The van der Waals surface area contributed by atoms with Crippen molar-refractivity contribution in [2.75, 3.05) is 4.90 Å². The number of nitrogens with zero attached hydrogens (tertiary/aromatic N) is 2. The molecule has 0 saturated heterocycles. The van der Waals surface area contributed by atoms with E-state index in [1.54, 1.807) is 20.8 Å². The minimum Gasteiger partial charge on any atom is -0.478 e. The molecule has 1 aliphatic carbocycles. The normalized spacial score (nSPS) is 14.8. The lowest BCUT2D eigenvalue weighted by atomic mass is 10.2. The minimum atomic E-state index is -1.04. The van der Waals surface area contributed by atoms with Crippen LogP contribution in [0.15, 0.2) is 18.3 Å². The molecule has 20 heavy (non-hydrogen) atoms. The lowest BCUT2D eigenvalue weighted by Gasteiger charge is -2.26. The molecule has 1 fully saturated rings. The first kappa shape index (κ1) is 14.3. The summed E-state index contributed by atoms with van der Waals surface area (Å²) in [5, 5.41) is 8.85. The summed E-state index contributed by atoms with van der Waals surface area (Å²) in [6.07, 6.45) is 2.61. The van der Waals surface area contributed by atoms with E-state index >= 15 is 0 Å². The molecule has 1 saturated carbocycles. The van der Waals surface area contributed by atoms with E-state index in [-0.39, 0.29) is 11.6 Å². The van der Waals surface area contributed by atoms with Crippen LogP contribution >= 0.6 is 0 Å². The number of anilines is 1. The highest BCUT2D eigenvalue weighted by Gasteiger charge is 2.37. The molecule has 1 amide bonds. The zero-order chi connectivity index (χ0) is 14.9. The fourth-order valence-corrected chi connectivity index (χ4v) is 1.73. The molecular formula is C14H18N2O4. The van der Waals surface area contributed by atoms with Crippen molar-refractivity contribution in [1.29, 1.82) is 0 Å². The number of carboxylic acids is 1. The van der Waals surface area contributed by atoms with Gasteiger partial charge < -0.3 is 9.84 Å². The molecule has 0 aliphatic heterocycles. The van der Waals surface area contributed by atoms with Crippen LogP contribution in [0.3, 0.4) is 0 Å². The van der Waals surface area contributed by atoms with Crippen molar-refractivity contribution in [1.82, 2.24) is 4.98 Å². The summed E-state index contributed by atoms with van der Waals surface area (Å²) in [7, 11) is 0. The average Bonchev–Trinajstić information content (AvgIpc) is 3.12. The first-order valence-electron chi connectivity index (χ1n) is 6.49. The number of carbonyl (C=O) groups is 2. The summed E-state index contributed by atoms with van der Waals surface area (Å²) in [6.45, 7) is 5.41. The van der Waals surface area contributed by atoms with E-state index in [0.29, 0.717) is 5.82 Å². The number of aromatic nitrogens is 1. The van der Waals surface area contributed by atoms with Crippen LogP contribution in [0.2, 0.25) is 0 Å². The van der Waals surface area contributed by atoms with Gasteiger partial charge in [-0.1, -0.05) is 0 Å². The van der Waals surface area contributed by atoms with Gasteiger partial charge in [-0.2, -0.15) is 0 Å². The Kier molecular flexibility index (Phi) is 3.65. The fourth-order valence-electron chi connectivity index (χ4n) is 1.73. The molecule has 1 aromatic rings. The number of rotatable bonds is 3. The highest BCUT2D eigenvalue weighted by atomic mass is 16.6. The van der Waals surface area contributed by atoms with Gasteiger partial charge in [0.1, 0.15) is 11.4 Å². The lowest BCUT2D eigenvalue weighted by molar-refractivity contribution is 0.0576. The Balaban J connectivity index is 2.20. The highest BCUT2D eigenvalue weighted by molar-refractivity contribution is 5.90. The standard InChI is InChI=1S/C14H18N2O4/c1-14(2,3)20-13(19)16(10-5-6-10)11-7-4-9(8-15-11)12(17)18/h4,7-8,10H,5-6H2,1-3H3,(H,17,18). The largest absolute Gasteiger partial charge is 0.478 e. The minimum absolute atomic E-state index is 0.0908. The molecule has 6 nitrogen and oxygen atoms in total. The predicted molar refractivity (Wildman–Crippen MR) is 72.9 cm³/mol. The monoisotopic (exact) mass is 278 g/mol. The van der Waals surface area contributed by atoms with Gasteiger partial charge in [0.2, 0.25) is 0 Å². The van der Waals surface area contributed by atoms with E-state index in [2.05, 4.69) is 4.98 Å². The molecule has 6 heteroatoms.